The maximum Gasteiger partial charge on any atom is 0.265 e. The monoisotopic (exact) mass is 194 g/mol. The summed E-state index contributed by atoms with van der Waals surface area (Å²) in [6.07, 6.45) is -1.56. The van der Waals surface area contributed by atoms with E-state index < -0.39 is 12.5 Å². The van der Waals surface area contributed by atoms with Gasteiger partial charge in [0.1, 0.15) is 6.10 Å². The molecule has 0 aromatic heterocycles. The largest absolute Gasteiger partial charge is 0.386 e. The Hall–Kier alpha value is -0.260. The van der Waals surface area contributed by atoms with E-state index in [1.807, 2.05) is 0 Å². The number of hydrogen-bond donors (Lipinski definition) is 3. The second-order valence-corrected chi connectivity index (χ2v) is 3.58. The first-order chi connectivity index (χ1) is 6.09. The molecule has 1 aliphatic carbocycles. The van der Waals surface area contributed by atoms with Crippen molar-refractivity contribution in [3.05, 3.63) is 0 Å². The van der Waals surface area contributed by atoms with Gasteiger partial charge in [0.05, 0.1) is 0 Å². The molecule has 1 rings (SSSR count). The normalized spacial score (nSPS) is 31.2. The molecule has 1 aliphatic rings. The molecular weight excluding hydrogens is 178 g/mol. The SMILES string of the molecule is NC1CCC(NCC(O)C(F)F)C1. The van der Waals surface area contributed by atoms with E-state index in [2.05, 4.69) is 5.32 Å². The van der Waals surface area contributed by atoms with E-state index in [-0.39, 0.29) is 18.6 Å². The summed E-state index contributed by atoms with van der Waals surface area (Å²) in [5, 5.41) is 11.7. The van der Waals surface area contributed by atoms with Crippen LogP contribution in [0.1, 0.15) is 19.3 Å². The Morgan fingerprint density at radius 3 is 2.62 bits per heavy atom. The number of rotatable bonds is 4. The Labute approximate surface area is 76.3 Å². The van der Waals surface area contributed by atoms with Gasteiger partial charge in [0.25, 0.3) is 6.43 Å². The lowest BCUT2D eigenvalue weighted by atomic mass is 10.2. The Bertz CT molecular complexity index is 157. The van der Waals surface area contributed by atoms with Crippen molar-refractivity contribution in [1.29, 1.82) is 0 Å². The Kier molecular flexibility index (Phi) is 4.02. The van der Waals surface area contributed by atoms with E-state index >= 15 is 0 Å². The van der Waals surface area contributed by atoms with Crippen molar-refractivity contribution >= 4 is 0 Å². The van der Waals surface area contributed by atoms with Crippen molar-refractivity contribution < 1.29 is 13.9 Å². The summed E-state index contributed by atoms with van der Waals surface area (Å²) in [4.78, 5) is 0. The Morgan fingerprint density at radius 2 is 2.15 bits per heavy atom. The highest BCUT2D eigenvalue weighted by Crippen LogP contribution is 2.17. The number of nitrogens with one attached hydrogen (secondary N) is 1. The lowest BCUT2D eigenvalue weighted by molar-refractivity contribution is -0.00452. The number of aliphatic hydroxyl groups is 1. The molecule has 3 unspecified atom stereocenters. The molecule has 13 heavy (non-hydrogen) atoms. The summed E-state index contributed by atoms with van der Waals surface area (Å²) < 4.78 is 23.7. The molecule has 0 aromatic carbocycles. The fourth-order valence-electron chi connectivity index (χ4n) is 1.58. The molecule has 0 spiro atoms. The van der Waals surface area contributed by atoms with E-state index in [9.17, 15) is 8.78 Å². The smallest absolute Gasteiger partial charge is 0.265 e. The Morgan fingerprint density at radius 1 is 1.46 bits per heavy atom. The second kappa shape index (κ2) is 4.83. The molecule has 78 valence electrons. The molecule has 0 bridgehead atoms. The third-order valence-corrected chi connectivity index (χ3v) is 2.38. The van der Waals surface area contributed by atoms with E-state index in [0.29, 0.717) is 0 Å². The predicted octanol–water partition coefficient (Wildman–Crippen LogP) is 0.0818. The highest BCUT2D eigenvalue weighted by atomic mass is 19.3. The maximum absolute atomic E-state index is 11.9. The molecule has 1 fully saturated rings. The topological polar surface area (TPSA) is 58.3 Å². The van der Waals surface area contributed by atoms with E-state index in [4.69, 9.17) is 10.8 Å². The number of nitrogens with two attached hydrogens (primary N) is 1. The number of hydrogen-bond acceptors (Lipinski definition) is 3. The molecule has 0 aliphatic heterocycles. The van der Waals surface area contributed by atoms with Crippen LogP contribution in [0.4, 0.5) is 8.78 Å². The minimum absolute atomic E-state index is 0.0466. The molecule has 1 saturated carbocycles. The third kappa shape index (κ3) is 3.54. The molecule has 5 heteroatoms. The Balaban J connectivity index is 2.12. The summed E-state index contributed by atoms with van der Waals surface area (Å²) >= 11 is 0. The van der Waals surface area contributed by atoms with E-state index in [1.165, 1.54) is 0 Å². The van der Waals surface area contributed by atoms with E-state index in [0.717, 1.165) is 19.3 Å². The zero-order chi connectivity index (χ0) is 9.84. The van der Waals surface area contributed by atoms with Crippen molar-refractivity contribution in [2.24, 2.45) is 5.73 Å². The third-order valence-electron chi connectivity index (χ3n) is 2.38. The highest BCUT2D eigenvalue weighted by Gasteiger charge is 2.23. The first-order valence-corrected chi connectivity index (χ1v) is 4.54. The molecular formula is C8H16F2N2O. The quantitative estimate of drug-likeness (QED) is 0.594. The molecule has 0 amide bonds. The van der Waals surface area contributed by atoms with Crippen LogP contribution < -0.4 is 11.1 Å². The van der Waals surface area contributed by atoms with Gasteiger partial charge in [-0.3, -0.25) is 0 Å². The van der Waals surface area contributed by atoms with Crippen LogP contribution >= 0.6 is 0 Å². The molecule has 0 saturated heterocycles. The first kappa shape index (κ1) is 10.8. The molecule has 3 nitrogen and oxygen atoms in total. The number of alkyl halides is 2. The van der Waals surface area contributed by atoms with Gasteiger partial charge in [-0.05, 0) is 19.3 Å². The van der Waals surface area contributed by atoms with Crippen molar-refractivity contribution in [2.75, 3.05) is 6.54 Å². The van der Waals surface area contributed by atoms with Gasteiger partial charge in [0.2, 0.25) is 0 Å². The molecule has 4 N–H and O–H groups in total. The van der Waals surface area contributed by atoms with Crippen LogP contribution in [0, 0.1) is 0 Å². The van der Waals surface area contributed by atoms with Crippen molar-refractivity contribution in [2.45, 2.75) is 43.9 Å². The summed E-state index contributed by atoms with van der Waals surface area (Å²) in [6.45, 7) is -0.0466. The van der Waals surface area contributed by atoms with Gasteiger partial charge in [-0.1, -0.05) is 0 Å². The lowest BCUT2D eigenvalue weighted by Crippen LogP contribution is -2.37. The zero-order valence-electron chi connectivity index (χ0n) is 7.42. The first-order valence-electron chi connectivity index (χ1n) is 4.54. The summed E-state index contributed by atoms with van der Waals surface area (Å²) in [5.74, 6) is 0. The highest BCUT2D eigenvalue weighted by molar-refractivity contribution is 4.83. The molecule has 3 atom stereocenters. The molecule has 0 aromatic rings. The maximum atomic E-state index is 11.9. The fourth-order valence-corrected chi connectivity index (χ4v) is 1.58. The summed E-state index contributed by atoms with van der Waals surface area (Å²) in [6, 6.07) is 0.379. The van der Waals surface area contributed by atoms with Crippen LogP contribution in [0.15, 0.2) is 0 Å². The van der Waals surface area contributed by atoms with Gasteiger partial charge in [0, 0.05) is 18.6 Å². The minimum Gasteiger partial charge on any atom is -0.386 e. The van der Waals surface area contributed by atoms with Crippen molar-refractivity contribution in [1.82, 2.24) is 5.32 Å². The van der Waals surface area contributed by atoms with Gasteiger partial charge in [-0.2, -0.15) is 0 Å². The van der Waals surface area contributed by atoms with Crippen LogP contribution in [0.3, 0.4) is 0 Å². The fraction of sp³-hybridized carbons (Fsp3) is 1.00. The van der Waals surface area contributed by atoms with Crippen LogP contribution in [-0.2, 0) is 0 Å². The van der Waals surface area contributed by atoms with Crippen LogP contribution in [0.25, 0.3) is 0 Å². The van der Waals surface area contributed by atoms with Crippen molar-refractivity contribution in [3.63, 3.8) is 0 Å². The van der Waals surface area contributed by atoms with Gasteiger partial charge < -0.3 is 16.2 Å². The molecule has 0 radical (unpaired) electrons. The summed E-state index contributed by atoms with van der Waals surface area (Å²) in [5.41, 5.74) is 5.64. The van der Waals surface area contributed by atoms with Crippen LogP contribution in [0.5, 0.6) is 0 Å². The number of aliphatic hydroxyl groups excluding tert-OH is 1. The summed E-state index contributed by atoms with van der Waals surface area (Å²) in [7, 11) is 0. The van der Waals surface area contributed by atoms with Gasteiger partial charge in [0.15, 0.2) is 0 Å². The van der Waals surface area contributed by atoms with Gasteiger partial charge in [-0.15, -0.1) is 0 Å². The average molecular weight is 194 g/mol. The van der Waals surface area contributed by atoms with E-state index in [1.54, 1.807) is 0 Å². The standard InChI is InChI=1S/C8H16F2N2O/c9-8(10)7(13)4-12-6-2-1-5(11)3-6/h5-8,12-13H,1-4,11H2. The zero-order valence-corrected chi connectivity index (χ0v) is 7.42. The lowest BCUT2D eigenvalue weighted by Gasteiger charge is -2.15. The number of halogens is 2. The predicted molar refractivity (Wildman–Crippen MR) is 45.6 cm³/mol. The van der Waals surface area contributed by atoms with Crippen LogP contribution in [-0.4, -0.2) is 36.3 Å². The van der Waals surface area contributed by atoms with Crippen molar-refractivity contribution in [3.8, 4) is 0 Å². The minimum atomic E-state index is -2.66. The van der Waals surface area contributed by atoms with Gasteiger partial charge >= 0.3 is 0 Å². The van der Waals surface area contributed by atoms with Crippen LogP contribution in [0.2, 0.25) is 0 Å². The average Bonchev–Trinajstić information content (AvgIpc) is 2.47. The molecule has 0 heterocycles. The second-order valence-electron chi connectivity index (χ2n) is 3.58. The van der Waals surface area contributed by atoms with Gasteiger partial charge in [-0.25, -0.2) is 8.78 Å².